The molecule has 1 unspecified atom stereocenters. The van der Waals surface area contributed by atoms with Crippen molar-refractivity contribution in [1.82, 2.24) is 10.3 Å². The van der Waals surface area contributed by atoms with Gasteiger partial charge in [-0.2, -0.15) is 0 Å². The number of nitrogens with one attached hydrogen (secondary N) is 1. The predicted molar refractivity (Wildman–Crippen MR) is 125 cm³/mol. The van der Waals surface area contributed by atoms with Crippen LogP contribution in [0.15, 0.2) is 53.4 Å². The number of carbonyl (C=O) groups is 1. The van der Waals surface area contributed by atoms with Crippen molar-refractivity contribution in [3.05, 3.63) is 70.2 Å². The van der Waals surface area contributed by atoms with Crippen molar-refractivity contribution in [2.24, 2.45) is 0 Å². The van der Waals surface area contributed by atoms with Gasteiger partial charge in [-0.25, -0.2) is 4.98 Å². The summed E-state index contributed by atoms with van der Waals surface area (Å²) in [5.41, 5.74) is 5.35. The van der Waals surface area contributed by atoms with E-state index in [1.54, 1.807) is 30.8 Å². The Labute approximate surface area is 191 Å². The molecular weight excluding hydrogens is 426 g/mol. The van der Waals surface area contributed by atoms with E-state index in [0.29, 0.717) is 23.7 Å². The molecule has 0 bridgehead atoms. The molecule has 1 aliphatic rings. The van der Waals surface area contributed by atoms with Gasteiger partial charge in [-0.3, -0.25) is 4.79 Å². The van der Waals surface area contributed by atoms with Crippen molar-refractivity contribution in [2.45, 2.75) is 19.6 Å². The lowest BCUT2D eigenvalue weighted by Crippen LogP contribution is -2.36. The number of anilines is 1. The minimum absolute atomic E-state index is 0.132. The van der Waals surface area contributed by atoms with Gasteiger partial charge >= 0.3 is 0 Å². The maximum Gasteiger partial charge on any atom is 0.251 e. The molecule has 1 atom stereocenters. The number of benzene rings is 2. The van der Waals surface area contributed by atoms with E-state index in [2.05, 4.69) is 39.5 Å². The average molecular weight is 454 g/mol. The zero-order valence-corrected chi connectivity index (χ0v) is 19.1. The Kier molecular flexibility index (Phi) is 7.24. The van der Waals surface area contributed by atoms with Crippen molar-refractivity contribution >= 4 is 22.9 Å². The zero-order chi connectivity index (χ0) is 22.3. The topological polar surface area (TPSA) is 72.9 Å². The van der Waals surface area contributed by atoms with Gasteiger partial charge in [-0.1, -0.05) is 12.1 Å². The fraction of sp³-hybridized carbons (Fsp3) is 0.333. The molecule has 7 nitrogen and oxygen atoms in total. The van der Waals surface area contributed by atoms with Crippen LogP contribution in [0.3, 0.4) is 0 Å². The molecule has 0 saturated carbocycles. The summed E-state index contributed by atoms with van der Waals surface area (Å²) in [6.45, 7) is 5.64. The number of hydrogen-bond acceptors (Lipinski definition) is 7. The quantitative estimate of drug-likeness (QED) is 0.555. The van der Waals surface area contributed by atoms with E-state index in [-0.39, 0.29) is 11.9 Å². The predicted octanol–water partition coefficient (Wildman–Crippen LogP) is 4.06. The van der Waals surface area contributed by atoms with Crippen LogP contribution in [0.2, 0.25) is 0 Å². The number of ether oxygens (including phenoxy) is 3. The second kappa shape index (κ2) is 10.5. The van der Waals surface area contributed by atoms with E-state index in [1.165, 1.54) is 17.0 Å². The van der Waals surface area contributed by atoms with Crippen LogP contribution in [0.1, 0.15) is 34.6 Å². The second-order valence-electron chi connectivity index (χ2n) is 7.52. The average Bonchev–Trinajstić information content (AvgIpc) is 3.37. The van der Waals surface area contributed by atoms with Crippen LogP contribution in [-0.4, -0.2) is 44.3 Å². The first-order valence-electron chi connectivity index (χ1n) is 10.6. The summed E-state index contributed by atoms with van der Waals surface area (Å²) in [5.74, 6) is 0.915. The maximum absolute atomic E-state index is 12.8. The summed E-state index contributed by atoms with van der Waals surface area (Å²) in [4.78, 5) is 19.3. The fourth-order valence-corrected chi connectivity index (χ4v) is 4.09. The lowest BCUT2D eigenvalue weighted by atomic mass is 10.1. The standard InChI is InChI=1S/C24H27N3O4S/c1-17(18-3-6-21(7-4-18)27-9-11-30-12-10-27)26-24(28)19-5-8-22(23(13-19)29-2)31-14-20-15-32-16-25-20/h3-8,13,15-17H,9-12,14H2,1-2H3,(H,26,28). The van der Waals surface area contributed by atoms with E-state index in [1.807, 2.05) is 12.3 Å². The van der Waals surface area contributed by atoms with Crippen LogP contribution in [0.5, 0.6) is 11.5 Å². The van der Waals surface area contributed by atoms with Gasteiger partial charge in [0, 0.05) is 29.7 Å². The molecule has 1 fully saturated rings. The third kappa shape index (κ3) is 5.38. The van der Waals surface area contributed by atoms with Gasteiger partial charge in [0.1, 0.15) is 6.61 Å². The summed E-state index contributed by atoms with van der Waals surface area (Å²) < 4.78 is 16.6. The second-order valence-corrected chi connectivity index (χ2v) is 8.24. The van der Waals surface area contributed by atoms with Crippen LogP contribution in [-0.2, 0) is 11.3 Å². The molecule has 2 aromatic carbocycles. The van der Waals surface area contributed by atoms with E-state index >= 15 is 0 Å². The highest BCUT2D eigenvalue weighted by molar-refractivity contribution is 7.07. The molecule has 1 saturated heterocycles. The normalized spacial score (nSPS) is 14.6. The van der Waals surface area contributed by atoms with E-state index in [9.17, 15) is 4.79 Å². The van der Waals surface area contributed by atoms with Crippen LogP contribution in [0.4, 0.5) is 5.69 Å². The van der Waals surface area contributed by atoms with Crippen molar-refractivity contribution in [1.29, 1.82) is 0 Å². The van der Waals surface area contributed by atoms with Gasteiger partial charge < -0.3 is 24.4 Å². The van der Waals surface area contributed by atoms with E-state index in [0.717, 1.165) is 37.6 Å². The smallest absolute Gasteiger partial charge is 0.251 e. The minimum atomic E-state index is -0.167. The van der Waals surface area contributed by atoms with E-state index < -0.39 is 0 Å². The first-order chi connectivity index (χ1) is 15.6. The SMILES string of the molecule is COc1cc(C(=O)NC(C)c2ccc(N3CCOCC3)cc2)ccc1OCc1cscn1. The first kappa shape index (κ1) is 22.1. The monoisotopic (exact) mass is 453 g/mol. The molecule has 1 N–H and O–H groups in total. The van der Waals surface area contributed by atoms with Gasteiger partial charge in [0.2, 0.25) is 0 Å². The molecule has 1 amide bonds. The molecular formula is C24H27N3O4S. The number of methoxy groups -OCH3 is 1. The number of rotatable bonds is 8. The molecule has 3 aromatic rings. The highest BCUT2D eigenvalue weighted by atomic mass is 32.1. The highest BCUT2D eigenvalue weighted by Gasteiger charge is 2.16. The molecule has 1 aliphatic heterocycles. The lowest BCUT2D eigenvalue weighted by molar-refractivity contribution is 0.0939. The Balaban J connectivity index is 1.38. The molecule has 168 valence electrons. The Bertz CT molecular complexity index is 1020. The molecule has 8 heteroatoms. The van der Waals surface area contributed by atoms with E-state index in [4.69, 9.17) is 14.2 Å². The van der Waals surface area contributed by atoms with Crippen molar-refractivity contribution in [3.63, 3.8) is 0 Å². The zero-order valence-electron chi connectivity index (χ0n) is 18.2. The molecule has 0 aliphatic carbocycles. The summed E-state index contributed by atoms with van der Waals surface area (Å²) >= 11 is 1.52. The lowest BCUT2D eigenvalue weighted by Gasteiger charge is -2.29. The number of amides is 1. The van der Waals surface area contributed by atoms with Crippen LogP contribution in [0.25, 0.3) is 0 Å². The highest BCUT2D eigenvalue weighted by Crippen LogP contribution is 2.29. The molecule has 0 radical (unpaired) electrons. The van der Waals surface area contributed by atoms with Crippen molar-refractivity contribution in [2.75, 3.05) is 38.3 Å². The number of morpholine rings is 1. The Hall–Kier alpha value is -3.10. The number of nitrogens with zero attached hydrogens (tertiary/aromatic N) is 2. The Morgan fingerprint density at radius 2 is 1.97 bits per heavy atom. The third-order valence-electron chi connectivity index (χ3n) is 5.40. The largest absolute Gasteiger partial charge is 0.493 e. The molecule has 2 heterocycles. The summed E-state index contributed by atoms with van der Waals surface area (Å²) in [5, 5.41) is 4.99. The number of hydrogen-bond donors (Lipinski definition) is 1. The number of aromatic nitrogens is 1. The molecule has 1 aromatic heterocycles. The summed E-state index contributed by atoms with van der Waals surface area (Å²) in [6.07, 6.45) is 0. The van der Waals surface area contributed by atoms with Gasteiger partial charge in [0.15, 0.2) is 11.5 Å². The van der Waals surface area contributed by atoms with Crippen LogP contribution < -0.4 is 19.7 Å². The fourth-order valence-electron chi connectivity index (χ4n) is 3.55. The van der Waals surface area contributed by atoms with Gasteiger partial charge in [-0.05, 0) is 42.8 Å². The Morgan fingerprint density at radius 1 is 1.19 bits per heavy atom. The van der Waals surface area contributed by atoms with Gasteiger partial charge in [0.05, 0.1) is 37.6 Å². The molecule has 0 spiro atoms. The first-order valence-corrected chi connectivity index (χ1v) is 11.5. The maximum atomic E-state index is 12.8. The summed E-state index contributed by atoms with van der Waals surface area (Å²) in [7, 11) is 1.56. The number of thiazole rings is 1. The number of carbonyl (C=O) groups excluding carboxylic acids is 1. The van der Waals surface area contributed by atoms with Crippen molar-refractivity contribution in [3.8, 4) is 11.5 Å². The summed E-state index contributed by atoms with van der Waals surface area (Å²) in [6, 6.07) is 13.4. The minimum Gasteiger partial charge on any atom is -0.493 e. The Morgan fingerprint density at radius 3 is 2.66 bits per heavy atom. The van der Waals surface area contributed by atoms with Crippen molar-refractivity contribution < 1.29 is 19.0 Å². The molecule has 32 heavy (non-hydrogen) atoms. The third-order valence-corrected chi connectivity index (χ3v) is 6.04. The molecule has 4 rings (SSSR count). The van der Waals surface area contributed by atoms with Gasteiger partial charge in [-0.15, -0.1) is 11.3 Å². The van der Waals surface area contributed by atoms with Crippen LogP contribution >= 0.6 is 11.3 Å². The van der Waals surface area contributed by atoms with Gasteiger partial charge in [0.25, 0.3) is 5.91 Å². The van der Waals surface area contributed by atoms with Crippen LogP contribution in [0, 0.1) is 0 Å².